The minimum Gasteiger partial charge on any atom is -0.494 e. The number of hydrogen-bond donors (Lipinski definition) is 1. The Morgan fingerprint density at radius 1 is 1.42 bits per heavy atom. The van der Waals surface area contributed by atoms with Crippen LogP contribution < -0.4 is 10.1 Å². The lowest BCUT2D eigenvalue weighted by molar-refractivity contribution is 0.382. The van der Waals surface area contributed by atoms with Gasteiger partial charge >= 0.3 is 0 Å². The highest BCUT2D eigenvalue weighted by Gasteiger charge is 2.16. The molecule has 0 saturated carbocycles. The van der Waals surface area contributed by atoms with E-state index < -0.39 is 0 Å². The summed E-state index contributed by atoms with van der Waals surface area (Å²) in [5.41, 5.74) is 1.51. The molecule has 0 aliphatic carbocycles. The molecule has 0 aliphatic rings. The van der Waals surface area contributed by atoms with Crippen molar-refractivity contribution in [1.82, 2.24) is 15.1 Å². The summed E-state index contributed by atoms with van der Waals surface area (Å²) in [7, 11) is 5.18. The fourth-order valence-corrected chi connectivity index (χ4v) is 2.06. The van der Waals surface area contributed by atoms with Gasteiger partial charge in [0.15, 0.2) is 11.6 Å². The number of methoxy groups -OCH3 is 1. The van der Waals surface area contributed by atoms with Crippen molar-refractivity contribution in [2.45, 2.75) is 12.5 Å². The molecule has 0 saturated heterocycles. The second kappa shape index (κ2) is 5.84. The highest BCUT2D eigenvalue weighted by atomic mass is 19.1. The van der Waals surface area contributed by atoms with Crippen molar-refractivity contribution in [2.24, 2.45) is 7.05 Å². The Morgan fingerprint density at radius 3 is 2.79 bits per heavy atom. The van der Waals surface area contributed by atoms with Crippen LogP contribution in [0.25, 0.3) is 0 Å². The number of aromatic nitrogens is 2. The lowest BCUT2D eigenvalue weighted by Gasteiger charge is -2.15. The zero-order chi connectivity index (χ0) is 13.8. The first-order valence-electron chi connectivity index (χ1n) is 6.14. The monoisotopic (exact) mass is 263 g/mol. The quantitative estimate of drug-likeness (QED) is 0.897. The summed E-state index contributed by atoms with van der Waals surface area (Å²) in [6.07, 6.45) is 2.40. The summed E-state index contributed by atoms with van der Waals surface area (Å²) in [5, 5.41) is 7.51. The molecule has 5 heteroatoms. The molecule has 19 heavy (non-hydrogen) atoms. The predicted molar refractivity (Wildman–Crippen MR) is 71.7 cm³/mol. The van der Waals surface area contributed by atoms with Gasteiger partial charge in [0.1, 0.15) is 0 Å². The summed E-state index contributed by atoms with van der Waals surface area (Å²) in [5.74, 6) is -0.0328. The van der Waals surface area contributed by atoms with Gasteiger partial charge < -0.3 is 10.1 Å². The first kappa shape index (κ1) is 13.5. The predicted octanol–water partition coefficient (Wildman–Crippen LogP) is 2.07. The van der Waals surface area contributed by atoms with Gasteiger partial charge in [0.2, 0.25) is 0 Å². The SMILES string of the molecule is CNC(Cc1cccc(OC)c1F)c1ccn(C)n1. The van der Waals surface area contributed by atoms with E-state index in [2.05, 4.69) is 10.4 Å². The molecule has 0 radical (unpaired) electrons. The molecule has 0 spiro atoms. The molecule has 1 aromatic heterocycles. The maximum Gasteiger partial charge on any atom is 0.168 e. The Hall–Kier alpha value is -1.88. The van der Waals surface area contributed by atoms with Gasteiger partial charge in [-0.05, 0) is 31.2 Å². The van der Waals surface area contributed by atoms with Gasteiger partial charge in [0.25, 0.3) is 0 Å². The first-order valence-corrected chi connectivity index (χ1v) is 6.14. The molecule has 0 amide bonds. The van der Waals surface area contributed by atoms with Crippen LogP contribution in [0.3, 0.4) is 0 Å². The number of halogens is 1. The van der Waals surface area contributed by atoms with Crippen molar-refractivity contribution in [3.05, 3.63) is 47.5 Å². The van der Waals surface area contributed by atoms with Crippen LogP contribution in [-0.4, -0.2) is 23.9 Å². The van der Waals surface area contributed by atoms with Crippen LogP contribution in [0.1, 0.15) is 17.3 Å². The number of aryl methyl sites for hydroxylation is 1. The summed E-state index contributed by atoms with van der Waals surface area (Å²) in [6, 6.07) is 7.09. The average molecular weight is 263 g/mol. The maximum absolute atomic E-state index is 14.1. The van der Waals surface area contributed by atoms with E-state index in [-0.39, 0.29) is 17.6 Å². The molecule has 1 atom stereocenters. The van der Waals surface area contributed by atoms with Crippen LogP contribution >= 0.6 is 0 Å². The van der Waals surface area contributed by atoms with Crippen molar-refractivity contribution >= 4 is 0 Å². The van der Waals surface area contributed by atoms with Crippen molar-refractivity contribution < 1.29 is 9.13 Å². The van der Waals surface area contributed by atoms with Gasteiger partial charge in [-0.1, -0.05) is 12.1 Å². The Bertz CT molecular complexity index is 553. The van der Waals surface area contributed by atoms with Gasteiger partial charge in [-0.25, -0.2) is 4.39 Å². The van der Waals surface area contributed by atoms with E-state index in [0.29, 0.717) is 12.0 Å². The molecular formula is C14H18FN3O. The summed E-state index contributed by atoms with van der Waals surface area (Å²) in [4.78, 5) is 0. The van der Waals surface area contributed by atoms with Crippen LogP contribution in [0.15, 0.2) is 30.5 Å². The number of nitrogens with one attached hydrogen (secondary N) is 1. The number of likely N-dealkylation sites (N-methyl/N-ethyl adjacent to an activating group) is 1. The summed E-state index contributed by atoms with van der Waals surface area (Å²) in [6.45, 7) is 0. The van der Waals surface area contributed by atoms with Crippen LogP contribution in [0.4, 0.5) is 4.39 Å². The molecule has 102 valence electrons. The van der Waals surface area contributed by atoms with Crippen molar-refractivity contribution in [1.29, 1.82) is 0 Å². The molecular weight excluding hydrogens is 245 g/mol. The molecule has 1 heterocycles. The van der Waals surface area contributed by atoms with Crippen LogP contribution in [0.5, 0.6) is 5.75 Å². The Balaban J connectivity index is 2.23. The van der Waals surface area contributed by atoms with E-state index in [1.54, 1.807) is 22.9 Å². The maximum atomic E-state index is 14.1. The molecule has 1 aromatic carbocycles. The van der Waals surface area contributed by atoms with E-state index in [0.717, 1.165) is 5.69 Å². The molecule has 2 rings (SSSR count). The van der Waals surface area contributed by atoms with E-state index in [1.807, 2.05) is 26.4 Å². The largest absolute Gasteiger partial charge is 0.494 e. The molecule has 0 aliphatic heterocycles. The van der Waals surface area contributed by atoms with Crippen molar-refractivity contribution in [3.63, 3.8) is 0 Å². The van der Waals surface area contributed by atoms with E-state index in [1.165, 1.54) is 7.11 Å². The zero-order valence-corrected chi connectivity index (χ0v) is 11.4. The van der Waals surface area contributed by atoms with E-state index in [4.69, 9.17) is 4.74 Å². The summed E-state index contributed by atoms with van der Waals surface area (Å²) < 4.78 is 20.8. The van der Waals surface area contributed by atoms with Crippen LogP contribution in [0.2, 0.25) is 0 Å². The summed E-state index contributed by atoms with van der Waals surface area (Å²) >= 11 is 0. The normalized spacial score (nSPS) is 12.4. The zero-order valence-electron chi connectivity index (χ0n) is 11.4. The number of hydrogen-bond acceptors (Lipinski definition) is 3. The Morgan fingerprint density at radius 2 is 2.21 bits per heavy atom. The van der Waals surface area contributed by atoms with Gasteiger partial charge in [-0.15, -0.1) is 0 Å². The van der Waals surface area contributed by atoms with Gasteiger partial charge in [-0.3, -0.25) is 4.68 Å². The topological polar surface area (TPSA) is 39.1 Å². The average Bonchev–Trinajstić information content (AvgIpc) is 2.84. The Kier molecular flexibility index (Phi) is 4.16. The highest BCUT2D eigenvalue weighted by molar-refractivity contribution is 5.32. The lowest BCUT2D eigenvalue weighted by atomic mass is 10.0. The molecule has 0 fully saturated rings. The number of ether oxygens (including phenoxy) is 1. The third kappa shape index (κ3) is 2.93. The first-order chi connectivity index (χ1) is 9.15. The van der Waals surface area contributed by atoms with Crippen molar-refractivity contribution in [2.75, 3.05) is 14.2 Å². The highest BCUT2D eigenvalue weighted by Crippen LogP contribution is 2.24. The second-order valence-electron chi connectivity index (χ2n) is 4.39. The van der Waals surface area contributed by atoms with Crippen molar-refractivity contribution in [3.8, 4) is 5.75 Å². The molecule has 2 aromatic rings. The smallest absolute Gasteiger partial charge is 0.168 e. The lowest BCUT2D eigenvalue weighted by Crippen LogP contribution is -2.20. The minimum absolute atomic E-state index is 0.0252. The fraction of sp³-hybridized carbons (Fsp3) is 0.357. The molecule has 1 unspecified atom stereocenters. The van der Waals surface area contributed by atoms with Crippen LogP contribution in [0, 0.1) is 5.82 Å². The fourth-order valence-electron chi connectivity index (χ4n) is 2.06. The third-order valence-electron chi connectivity index (χ3n) is 3.13. The van der Waals surface area contributed by atoms with Gasteiger partial charge in [-0.2, -0.15) is 5.10 Å². The van der Waals surface area contributed by atoms with E-state index in [9.17, 15) is 4.39 Å². The number of nitrogens with zero attached hydrogens (tertiary/aromatic N) is 2. The second-order valence-corrected chi connectivity index (χ2v) is 4.39. The minimum atomic E-state index is -0.304. The van der Waals surface area contributed by atoms with Gasteiger partial charge in [0, 0.05) is 13.2 Å². The van der Waals surface area contributed by atoms with Crippen LogP contribution in [-0.2, 0) is 13.5 Å². The third-order valence-corrected chi connectivity index (χ3v) is 3.13. The van der Waals surface area contributed by atoms with E-state index >= 15 is 0 Å². The molecule has 4 nitrogen and oxygen atoms in total. The molecule has 1 N–H and O–H groups in total. The Labute approximate surface area is 112 Å². The standard InChI is InChI=1S/C14H18FN3O/c1-16-12(11-7-8-18(2)17-11)9-10-5-4-6-13(19-3)14(10)15/h4-8,12,16H,9H2,1-3H3. The van der Waals surface area contributed by atoms with Gasteiger partial charge in [0.05, 0.1) is 18.8 Å². The molecule has 0 bridgehead atoms. The number of benzene rings is 1. The number of rotatable bonds is 5.